The van der Waals surface area contributed by atoms with Crippen LogP contribution >= 0.6 is 0 Å². The molecule has 0 bridgehead atoms. The minimum atomic E-state index is -0.0541. The van der Waals surface area contributed by atoms with Gasteiger partial charge in [-0.05, 0) is 23.8 Å². The van der Waals surface area contributed by atoms with E-state index in [0.717, 1.165) is 5.56 Å². The number of methoxy groups -OCH3 is 2. The zero-order valence-corrected chi connectivity index (χ0v) is 11.6. The Balaban J connectivity index is 2.34. The molecule has 0 heterocycles. The summed E-state index contributed by atoms with van der Waals surface area (Å²) in [7, 11) is 3.11. The van der Waals surface area contributed by atoms with E-state index in [0.29, 0.717) is 22.6 Å². The van der Waals surface area contributed by atoms with Gasteiger partial charge < -0.3 is 9.47 Å². The van der Waals surface area contributed by atoms with Crippen molar-refractivity contribution in [2.24, 2.45) is 0 Å². The molecule has 0 saturated carbocycles. The van der Waals surface area contributed by atoms with E-state index in [1.54, 1.807) is 50.6 Å². The van der Waals surface area contributed by atoms with Gasteiger partial charge in [-0.25, -0.2) is 0 Å². The monoisotopic (exact) mass is 268 g/mol. The minimum absolute atomic E-state index is 0.0541. The molecule has 20 heavy (non-hydrogen) atoms. The third-order valence-electron chi connectivity index (χ3n) is 3.05. The van der Waals surface area contributed by atoms with E-state index >= 15 is 0 Å². The number of hydrogen-bond acceptors (Lipinski definition) is 3. The van der Waals surface area contributed by atoms with Gasteiger partial charge in [0.2, 0.25) is 0 Å². The van der Waals surface area contributed by atoms with E-state index in [9.17, 15) is 4.79 Å². The molecule has 2 rings (SSSR count). The van der Waals surface area contributed by atoms with E-state index in [1.807, 2.05) is 12.1 Å². The van der Waals surface area contributed by atoms with E-state index in [4.69, 9.17) is 9.47 Å². The lowest BCUT2D eigenvalue weighted by molar-refractivity contribution is 0.103. The van der Waals surface area contributed by atoms with Crippen LogP contribution in [-0.4, -0.2) is 20.0 Å². The summed E-state index contributed by atoms with van der Waals surface area (Å²) in [6.45, 7) is 3.69. The average Bonchev–Trinajstić information content (AvgIpc) is 2.53. The fourth-order valence-electron chi connectivity index (χ4n) is 1.91. The van der Waals surface area contributed by atoms with Crippen LogP contribution in [0.25, 0.3) is 6.08 Å². The highest BCUT2D eigenvalue weighted by molar-refractivity contribution is 6.09. The summed E-state index contributed by atoms with van der Waals surface area (Å²) in [5.74, 6) is 1.09. The van der Waals surface area contributed by atoms with Gasteiger partial charge in [0.15, 0.2) is 17.3 Å². The SMILES string of the molecule is C=Cc1ccc(C(=O)c2ccc(OC)c(OC)c2)cc1. The molecule has 0 atom stereocenters. The lowest BCUT2D eigenvalue weighted by Crippen LogP contribution is -2.02. The minimum Gasteiger partial charge on any atom is -0.493 e. The third-order valence-corrected chi connectivity index (χ3v) is 3.05. The number of hydrogen-bond donors (Lipinski definition) is 0. The predicted molar refractivity (Wildman–Crippen MR) is 79.5 cm³/mol. The molecule has 2 aromatic rings. The highest BCUT2D eigenvalue weighted by Crippen LogP contribution is 2.28. The maximum absolute atomic E-state index is 12.4. The molecule has 2 aromatic carbocycles. The van der Waals surface area contributed by atoms with E-state index < -0.39 is 0 Å². The Morgan fingerprint density at radius 3 is 2.10 bits per heavy atom. The maximum atomic E-state index is 12.4. The zero-order chi connectivity index (χ0) is 14.5. The van der Waals surface area contributed by atoms with Gasteiger partial charge in [-0.3, -0.25) is 4.79 Å². The first-order valence-corrected chi connectivity index (χ1v) is 6.19. The van der Waals surface area contributed by atoms with Crippen molar-refractivity contribution in [2.75, 3.05) is 14.2 Å². The molecule has 102 valence electrons. The summed E-state index contributed by atoms with van der Waals surface area (Å²) in [5.41, 5.74) is 2.17. The molecule has 3 heteroatoms. The largest absolute Gasteiger partial charge is 0.493 e. The van der Waals surface area contributed by atoms with Gasteiger partial charge in [0.1, 0.15) is 0 Å². The number of ketones is 1. The smallest absolute Gasteiger partial charge is 0.193 e. The summed E-state index contributed by atoms with van der Waals surface area (Å²) in [6.07, 6.45) is 1.74. The molecular formula is C17H16O3. The summed E-state index contributed by atoms with van der Waals surface area (Å²) in [5, 5.41) is 0. The van der Waals surface area contributed by atoms with Crippen molar-refractivity contribution in [3.8, 4) is 11.5 Å². The number of benzene rings is 2. The van der Waals surface area contributed by atoms with E-state index in [-0.39, 0.29) is 5.78 Å². The van der Waals surface area contributed by atoms with Gasteiger partial charge in [-0.1, -0.05) is 36.9 Å². The highest BCUT2D eigenvalue weighted by Gasteiger charge is 2.12. The molecule has 0 N–H and O–H groups in total. The number of carbonyl (C=O) groups is 1. The zero-order valence-electron chi connectivity index (χ0n) is 11.6. The molecule has 0 aliphatic heterocycles. The van der Waals surface area contributed by atoms with Crippen molar-refractivity contribution in [3.63, 3.8) is 0 Å². The van der Waals surface area contributed by atoms with Crippen LogP contribution in [-0.2, 0) is 0 Å². The van der Waals surface area contributed by atoms with Crippen molar-refractivity contribution >= 4 is 11.9 Å². The van der Waals surface area contributed by atoms with Crippen LogP contribution in [0.15, 0.2) is 49.0 Å². The standard InChI is InChI=1S/C17H16O3/c1-4-12-5-7-13(8-6-12)17(18)14-9-10-15(19-2)16(11-14)20-3/h4-11H,1H2,2-3H3. The van der Waals surface area contributed by atoms with Crippen LogP contribution in [0.1, 0.15) is 21.5 Å². The first kappa shape index (κ1) is 13.9. The molecule has 0 aliphatic rings. The fraction of sp³-hybridized carbons (Fsp3) is 0.118. The second kappa shape index (κ2) is 6.06. The van der Waals surface area contributed by atoms with Gasteiger partial charge in [0.05, 0.1) is 14.2 Å². The van der Waals surface area contributed by atoms with Crippen LogP contribution < -0.4 is 9.47 Å². The Hall–Kier alpha value is -2.55. The second-order valence-electron chi connectivity index (χ2n) is 4.23. The fourth-order valence-corrected chi connectivity index (χ4v) is 1.91. The van der Waals surface area contributed by atoms with Crippen LogP contribution in [0.4, 0.5) is 0 Å². The Morgan fingerprint density at radius 2 is 1.55 bits per heavy atom. The Morgan fingerprint density at radius 1 is 0.950 bits per heavy atom. The molecule has 3 nitrogen and oxygen atoms in total. The molecule has 0 aromatic heterocycles. The highest BCUT2D eigenvalue weighted by atomic mass is 16.5. The summed E-state index contributed by atoms with van der Waals surface area (Å²) in [4.78, 5) is 12.4. The number of carbonyl (C=O) groups excluding carboxylic acids is 1. The Kier molecular flexibility index (Phi) is 4.20. The van der Waals surface area contributed by atoms with E-state index in [1.165, 1.54) is 0 Å². The van der Waals surface area contributed by atoms with Crippen molar-refractivity contribution in [3.05, 3.63) is 65.7 Å². The van der Waals surface area contributed by atoms with Gasteiger partial charge >= 0.3 is 0 Å². The second-order valence-corrected chi connectivity index (χ2v) is 4.23. The average molecular weight is 268 g/mol. The summed E-state index contributed by atoms with van der Waals surface area (Å²) < 4.78 is 10.4. The van der Waals surface area contributed by atoms with Gasteiger partial charge in [0.25, 0.3) is 0 Å². The third kappa shape index (κ3) is 2.72. The lowest BCUT2D eigenvalue weighted by Gasteiger charge is -2.09. The topological polar surface area (TPSA) is 35.5 Å². The molecule has 0 unspecified atom stereocenters. The molecule has 0 aliphatic carbocycles. The van der Waals surface area contributed by atoms with Crippen LogP contribution in [0.3, 0.4) is 0 Å². The summed E-state index contributed by atoms with van der Waals surface area (Å²) >= 11 is 0. The molecule has 0 radical (unpaired) electrons. The van der Waals surface area contributed by atoms with Crippen LogP contribution in [0.2, 0.25) is 0 Å². The molecule has 0 amide bonds. The molecular weight excluding hydrogens is 252 g/mol. The van der Waals surface area contributed by atoms with E-state index in [2.05, 4.69) is 6.58 Å². The summed E-state index contributed by atoms with van der Waals surface area (Å²) in [6, 6.07) is 12.4. The van der Waals surface area contributed by atoms with Crippen molar-refractivity contribution in [1.29, 1.82) is 0 Å². The van der Waals surface area contributed by atoms with Crippen molar-refractivity contribution in [2.45, 2.75) is 0 Å². The van der Waals surface area contributed by atoms with Crippen molar-refractivity contribution < 1.29 is 14.3 Å². The maximum Gasteiger partial charge on any atom is 0.193 e. The van der Waals surface area contributed by atoms with Gasteiger partial charge in [-0.15, -0.1) is 0 Å². The van der Waals surface area contributed by atoms with Gasteiger partial charge in [0, 0.05) is 11.1 Å². The Labute approximate surface area is 118 Å². The van der Waals surface area contributed by atoms with Crippen molar-refractivity contribution in [1.82, 2.24) is 0 Å². The normalized spacial score (nSPS) is 9.90. The molecule has 0 saturated heterocycles. The van der Waals surface area contributed by atoms with Crippen LogP contribution in [0.5, 0.6) is 11.5 Å². The quantitative estimate of drug-likeness (QED) is 0.777. The predicted octanol–water partition coefficient (Wildman–Crippen LogP) is 3.58. The lowest BCUT2D eigenvalue weighted by atomic mass is 10.0. The molecule has 0 fully saturated rings. The first-order valence-electron chi connectivity index (χ1n) is 6.19. The van der Waals surface area contributed by atoms with Crippen LogP contribution in [0, 0.1) is 0 Å². The first-order chi connectivity index (χ1) is 9.69. The molecule has 0 spiro atoms. The number of ether oxygens (including phenoxy) is 2. The Bertz CT molecular complexity index is 627. The van der Waals surface area contributed by atoms with Gasteiger partial charge in [-0.2, -0.15) is 0 Å². The number of rotatable bonds is 5.